The summed E-state index contributed by atoms with van der Waals surface area (Å²) in [6.45, 7) is 1.93. The van der Waals surface area contributed by atoms with Gasteiger partial charge in [-0.1, -0.05) is 30.3 Å². The van der Waals surface area contributed by atoms with Gasteiger partial charge in [-0.15, -0.1) is 12.6 Å². The highest BCUT2D eigenvalue weighted by Crippen LogP contribution is 2.23. The Morgan fingerprint density at radius 1 is 1.12 bits per heavy atom. The van der Waals surface area contributed by atoms with E-state index >= 15 is 0 Å². The first-order valence-corrected chi connectivity index (χ1v) is 8.66. The third kappa shape index (κ3) is 4.20. The first kappa shape index (κ1) is 16.7. The smallest absolute Gasteiger partial charge is 0.248 e. The van der Waals surface area contributed by atoms with Crippen LogP contribution in [0.1, 0.15) is 24.0 Å². The molecule has 0 saturated carbocycles. The van der Waals surface area contributed by atoms with Crippen LogP contribution in [0.5, 0.6) is 5.75 Å². The van der Waals surface area contributed by atoms with Crippen LogP contribution in [-0.4, -0.2) is 10.4 Å². The van der Waals surface area contributed by atoms with E-state index in [4.69, 9.17) is 4.74 Å². The van der Waals surface area contributed by atoms with Crippen molar-refractivity contribution in [3.63, 3.8) is 0 Å². The van der Waals surface area contributed by atoms with Gasteiger partial charge in [-0.25, -0.2) is 0 Å². The number of thiol groups is 1. The third-order valence-corrected chi connectivity index (χ3v) is 4.42. The Bertz CT molecular complexity index is 874. The van der Waals surface area contributed by atoms with Crippen molar-refractivity contribution >= 4 is 23.5 Å². The second-order valence-electron chi connectivity index (χ2n) is 5.97. The summed E-state index contributed by atoms with van der Waals surface area (Å²) in [5.41, 5.74) is 2.88. The minimum absolute atomic E-state index is 0.0818. The molecule has 0 saturated heterocycles. The summed E-state index contributed by atoms with van der Waals surface area (Å²) >= 11 is 4.54. The number of nitrogens with one attached hydrogen (secondary N) is 1. The SMILES string of the molecule is Cc1cc(=O)[nH]c2ccc(OC(S)CCCc3ccccc3)cc12. The number of aryl methyl sites for hydroxylation is 2. The lowest BCUT2D eigenvalue weighted by Gasteiger charge is -2.14. The van der Waals surface area contributed by atoms with Crippen LogP contribution in [0, 0.1) is 6.92 Å². The molecule has 0 aliphatic rings. The molecule has 1 N–H and O–H groups in total. The van der Waals surface area contributed by atoms with E-state index in [0.29, 0.717) is 0 Å². The molecule has 1 aromatic heterocycles. The van der Waals surface area contributed by atoms with E-state index < -0.39 is 0 Å². The zero-order chi connectivity index (χ0) is 16.9. The van der Waals surface area contributed by atoms with Crippen LogP contribution in [0.3, 0.4) is 0 Å². The highest BCUT2D eigenvalue weighted by Gasteiger charge is 2.07. The molecule has 0 spiro atoms. The van der Waals surface area contributed by atoms with Crippen molar-refractivity contribution in [1.29, 1.82) is 0 Å². The summed E-state index contributed by atoms with van der Waals surface area (Å²) in [5, 5.41) is 0.997. The fourth-order valence-corrected chi connectivity index (χ4v) is 3.12. The summed E-state index contributed by atoms with van der Waals surface area (Å²) in [7, 11) is 0. The first-order valence-electron chi connectivity index (χ1n) is 8.14. The van der Waals surface area contributed by atoms with Gasteiger partial charge in [0, 0.05) is 17.0 Å². The first-order chi connectivity index (χ1) is 11.6. The minimum Gasteiger partial charge on any atom is -0.480 e. The maximum atomic E-state index is 11.5. The fraction of sp³-hybridized carbons (Fsp3) is 0.250. The lowest BCUT2D eigenvalue weighted by Crippen LogP contribution is -2.10. The number of aromatic amines is 1. The molecule has 0 aliphatic heterocycles. The number of pyridine rings is 1. The molecule has 0 fully saturated rings. The van der Waals surface area contributed by atoms with Crippen molar-refractivity contribution in [2.45, 2.75) is 31.6 Å². The molecule has 0 aliphatic carbocycles. The average molecular weight is 339 g/mol. The lowest BCUT2D eigenvalue weighted by molar-refractivity contribution is 0.276. The van der Waals surface area contributed by atoms with E-state index in [-0.39, 0.29) is 11.0 Å². The molecule has 3 rings (SSSR count). The van der Waals surface area contributed by atoms with Crippen LogP contribution in [0.2, 0.25) is 0 Å². The van der Waals surface area contributed by atoms with E-state index in [9.17, 15) is 4.79 Å². The number of rotatable bonds is 6. The summed E-state index contributed by atoms with van der Waals surface area (Å²) < 4.78 is 5.92. The van der Waals surface area contributed by atoms with Gasteiger partial charge in [0.25, 0.3) is 0 Å². The molecule has 3 aromatic rings. The van der Waals surface area contributed by atoms with Gasteiger partial charge in [0.2, 0.25) is 5.56 Å². The van der Waals surface area contributed by atoms with Crippen LogP contribution in [-0.2, 0) is 6.42 Å². The largest absolute Gasteiger partial charge is 0.480 e. The maximum Gasteiger partial charge on any atom is 0.248 e. The van der Waals surface area contributed by atoms with Gasteiger partial charge in [0.05, 0.1) is 0 Å². The molecule has 3 nitrogen and oxygen atoms in total. The van der Waals surface area contributed by atoms with Gasteiger partial charge in [-0.05, 0) is 55.5 Å². The Kier molecular flexibility index (Phi) is 5.26. The van der Waals surface area contributed by atoms with Crippen LogP contribution >= 0.6 is 12.6 Å². The van der Waals surface area contributed by atoms with Crippen LogP contribution in [0.15, 0.2) is 59.4 Å². The second kappa shape index (κ2) is 7.58. The number of hydrogen-bond acceptors (Lipinski definition) is 3. The predicted octanol–water partition coefficient (Wildman–Crippen LogP) is 4.49. The maximum absolute atomic E-state index is 11.5. The summed E-state index contributed by atoms with van der Waals surface area (Å²) in [5.74, 6) is 0.775. The quantitative estimate of drug-likeness (QED) is 0.513. The Hall–Kier alpha value is -2.20. The molecule has 1 unspecified atom stereocenters. The molecule has 0 bridgehead atoms. The average Bonchev–Trinajstić information content (AvgIpc) is 2.56. The van der Waals surface area contributed by atoms with Crippen molar-refractivity contribution in [2.75, 3.05) is 0 Å². The van der Waals surface area contributed by atoms with Crippen molar-refractivity contribution < 1.29 is 4.74 Å². The Morgan fingerprint density at radius 3 is 2.71 bits per heavy atom. The molecule has 2 aromatic carbocycles. The third-order valence-electron chi connectivity index (χ3n) is 4.05. The number of aromatic nitrogens is 1. The van der Waals surface area contributed by atoms with Crippen LogP contribution in [0.25, 0.3) is 10.9 Å². The van der Waals surface area contributed by atoms with Gasteiger partial charge < -0.3 is 9.72 Å². The summed E-state index contributed by atoms with van der Waals surface area (Å²) in [6, 6.07) is 17.7. The van der Waals surface area contributed by atoms with Gasteiger partial charge in [0.1, 0.15) is 11.2 Å². The van der Waals surface area contributed by atoms with Crippen molar-refractivity contribution in [1.82, 2.24) is 4.98 Å². The highest BCUT2D eigenvalue weighted by molar-refractivity contribution is 7.80. The standard InChI is InChI=1S/C20H21NO2S/c1-14-12-19(22)21-18-11-10-16(13-17(14)18)23-20(24)9-5-8-15-6-3-2-4-7-15/h2-4,6-7,10-13,20,24H,5,8-9H2,1H3,(H,21,22). The number of hydrogen-bond donors (Lipinski definition) is 2. The zero-order valence-electron chi connectivity index (χ0n) is 13.7. The molecule has 0 radical (unpaired) electrons. The highest BCUT2D eigenvalue weighted by atomic mass is 32.1. The molecular weight excluding hydrogens is 318 g/mol. The Balaban J connectivity index is 1.61. The predicted molar refractivity (Wildman–Crippen MR) is 102 cm³/mol. The monoisotopic (exact) mass is 339 g/mol. The zero-order valence-corrected chi connectivity index (χ0v) is 14.6. The van der Waals surface area contributed by atoms with E-state index in [1.54, 1.807) is 6.07 Å². The van der Waals surface area contributed by atoms with Crippen LogP contribution < -0.4 is 10.3 Å². The van der Waals surface area contributed by atoms with Gasteiger partial charge in [0.15, 0.2) is 0 Å². The molecule has 1 atom stereocenters. The minimum atomic E-state index is -0.144. The van der Waals surface area contributed by atoms with E-state index in [1.807, 2.05) is 31.2 Å². The fourth-order valence-electron chi connectivity index (χ4n) is 2.82. The molecule has 0 amide bonds. The van der Waals surface area contributed by atoms with Gasteiger partial charge >= 0.3 is 0 Å². The van der Waals surface area contributed by atoms with Gasteiger partial charge in [-0.3, -0.25) is 4.79 Å². The molecule has 124 valence electrons. The lowest BCUT2D eigenvalue weighted by atomic mass is 10.1. The molecule has 24 heavy (non-hydrogen) atoms. The Morgan fingerprint density at radius 2 is 1.92 bits per heavy atom. The normalized spacial score (nSPS) is 12.2. The van der Waals surface area contributed by atoms with E-state index in [0.717, 1.165) is 41.5 Å². The molecular formula is C20H21NO2S. The number of ether oxygens (including phenoxy) is 1. The van der Waals surface area contributed by atoms with E-state index in [2.05, 4.69) is 41.9 Å². The van der Waals surface area contributed by atoms with Crippen LogP contribution in [0.4, 0.5) is 0 Å². The van der Waals surface area contributed by atoms with Crippen molar-refractivity contribution in [3.05, 3.63) is 76.1 Å². The summed E-state index contributed by atoms with van der Waals surface area (Å²) in [4.78, 5) is 14.3. The number of fused-ring (bicyclic) bond motifs is 1. The van der Waals surface area contributed by atoms with Gasteiger partial charge in [-0.2, -0.15) is 0 Å². The number of H-pyrrole nitrogens is 1. The Labute approximate surface area is 147 Å². The molecule has 1 heterocycles. The molecule has 4 heteroatoms. The summed E-state index contributed by atoms with van der Waals surface area (Å²) in [6.07, 6.45) is 2.93. The second-order valence-corrected chi connectivity index (χ2v) is 6.55. The number of benzene rings is 2. The van der Waals surface area contributed by atoms with Crippen molar-refractivity contribution in [3.8, 4) is 5.75 Å². The van der Waals surface area contributed by atoms with E-state index in [1.165, 1.54) is 5.56 Å². The topological polar surface area (TPSA) is 42.1 Å². The van der Waals surface area contributed by atoms with Crippen molar-refractivity contribution in [2.24, 2.45) is 0 Å².